The third-order valence-electron chi connectivity index (χ3n) is 4.59. The summed E-state index contributed by atoms with van der Waals surface area (Å²) in [6.07, 6.45) is 1.22. The van der Waals surface area contributed by atoms with Crippen molar-refractivity contribution in [1.82, 2.24) is 4.90 Å². The lowest BCUT2D eigenvalue weighted by Gasteiger charge is -2.55. The van der Waals surface area contributed by atoms with Crippen LogP contribution >= 0.6 is 0 Å². The molecular formula is C18H19NO. The molecule has 3 atom stereocenters. The van der Waals surface area contributed by atoms with E-state index in [1.807, 2.05) is 0 Å². The van der Waals surface area contributed by atoms with Gasteiger partial charge in [-0.15, -0.1) is 0 Å². The SMILES string of the molecule is c1ccc([C@H]2C[C@H]3COC[C@@H](c4ccccc4)N32)cc1. The number of hydrogen-bond donors (Lipinski definition) is 0. The van der Waals surface area contributed by atoms with E-state index in [-0.39, 0.29) is 0 Å². The van der Waals surface area contributed by atoms with Gasteiger partial charge < -0.3 is 4.74 Å². The molecule has 2 fully saturated rings. The minimum absolute atomic E-state index is 0.397. The summed E-state index contributed by atoms with van der Waals surface area (Å²) in [5, 5.41) is 0. The van der Waals surface area contributed by atoms with Crippen LogP contribution in [0.2, 0.25) is 0 Å². The van der Waals surface area contributed by atoms with Crippen molar-refractivity contribution in [3.8, 4) is 0 Å². The molecule has 102 valence electrons. The molecule has 0 N–H and O–H groups in total. The zero-order chi connectivity index (χ0) is 13.4. The summed E-state index contributed by atoms with van der Waals surface area (Å²) in [6.45, 7) is 1.69. The Morgan fingerprint density at radius 2 is 1.35 bits per heavy atom. The summed E-state index contributed by atoms with van der Waals surface area (Å²) in [5.41, 5.74) is 2.81. The van der Waals surface area contributed by atoms with Gasteiger partial charge in [0.2, 0.25) is 0 Å². The number of morpholine rings is 1. The lowest BCUT2D eigenvalue weighted by Crippen LogP contribution is -2.57. The number of hydrogen-bond acceptors (Lipinski definition) is 2. The van der Waals surface area contributed by atoms with E-state index in [0.29, 0.717) is 18.1 Å². The lowest BCUT2D eigenvalue weighted by molar-refractivity contribution is -0.136. The molecule has 2 heterocycles. The number of nitrogens with zero attached hydrogens (tertiary/aromatic N) is 1. The van der Waals surface area contributed by atoms with E-state index in [2.05, 4.69) is 65.6 Å². The van der Waals surface area contributed by atoms with Crippen LogP contribution in [0, 0.1) is 0 Å². The summed E-state index contributed by atoms with van der Waals surface area (Å²) in [7, 11) is 0. The molecule has 0 spiro atoms. The van der Waals surface area contributed by atoms with Gasteiger partial charge in [-0.3, -0.25) is 4.90 Å². The molecule has 0 aliphatic carbocycles. The predicted molar refractivity (Wildman–Crippen MR) is 79.4 cm³/mol. The first-order chi connectivity index (χ1) is 9.93. The molecule has 0 radical (unpaired) electrons. The summed E-state index contributed by atoms with van der Waals surface area (Å²) in [4.78, 5) is 2.65. The largest absolute Gasteiger partial charge is 0.378 e. The predicted octanol–water partition coefficient (Wildman–Crippen LogP) is 3.57. The summed E-state index contributed by atoms with van der Waals surface area (Å²) in [6, 6.07) is 23.2. The van der Waals surface area contributed by atoms with Gasteiger partial charge >= 0.3 is 0 Å². The highest BCUT2D eigenvalue weighted by atomic mass is 16.5. The van der Waals surface area contributed by atoms with Crippen LogP contribution < -0.4 is 0 Å². The van der Waals surface area contributed by atoms with Crippen molar-refractivity contribution in [2.24, 2.45) is 0 Å². The number of benzene rings is 2. The Balaban J connectivity index is 1.64. The first-order valence-electron chi connectivity index (χ1n) is 7.38. The van der Waals surface area contributed by atoms with Crippen molar-refractivity contribution in [1.29, 1.82) is 0 Å². The minimum Gasteiger partial charge on any atom is -0.378 e. The molecule has 0 aromatic heterocycles. The average molecular weight is 265 g/mol. The van der Waals surface area contributed by atoms with Crippen molar-refractivity contribution in [2.75, 3.05) is 13.2 Å². The zero-order valence-electron chi connectivity index (χ0n) is 11.5. The van der Waals surface area contributed by atoms with Gasteiger partial charge in [0.25, 0.3) is 0 Å². The Kier molecular flexibility index (Phi) is 3.06. The Bertz CT molecular complexity index is 568. The molecule has 2 aromatic carbocycles. The highest BCUT2D eigenvalue weighted by Crippen LogP contribution is 2.47. The van der Waals surface area contributed by atoms with Crippen LogP contribution in [-0.2, 0) is 4.74 Å². The second kappa shape index (κ2) is 5.04. The molecule has 2 aliphatic rings. The smallest absolute Gasteiger partial charge is 0.0664 e. The van der Waals surface area contributed by atoms with E-state index < -0.39 is 0 Å². The van der Waals surface area contributed by atoms with Gasteiger partial charge in [-0.2, -0.15) is 0 Å². The van der Waals surface area contributed by atoms with Crippen molar-refractivity contribution < 1.29 is 4.74 Å². The van der Waals surface area contributed by atoms with Gasteiger partial charge in [0.15, 0.2) is 0 Å². The standard InChI is InChI=1S/C18H19NO/c1-3-7-14(8-4-1)17-11-16-12-20-13-18(19(16)17)15-9-5-2-6-10-15/h1-10,16-18H,11-13H2/t16-,17+,18-/m0/s1. The molecule has 0 unspecified atom stereocenters. The van der Waals surface area contributed by atoms with E-state index in [9.17, 15) is 0 Å². The van der Waals surface area contributed by atoms with E-state index in [0.717, 1.165) is 13.2 Å². The number of rotatable bonds is 2. The van der Waals surface area contributed by atoms with Crippen molar-refractivity contribution >= 4 is 0 Å². The molecule has 4 rings (SSSR count). The fourth-order valence-corrected chi connectivity index (χ4v) is 3.57. The monoisotopic (exact) mass is 265 g/mol. The Labute approximate surface area is 120 Å². The normalized spacial score (nSPS) is 29.5. The molecule has 2 aromatic rings. The number of fused-ring (bicyclic) bond motifs is 1. The van der Waals surface area contributed by atoms with E-state index >= 15 is 0 Å². The molecule has 0 bridgehead atoms. The first-order valence-corrected chi connectivity index (χ1v) is 7.38. The van der Waals surface area contributed by atoms with E-state index in [1.54, 1.807) is 0 Å². The van der Waals surface area contributed by atoms with Crippen LogP contribution in [0.5, 0.6) is 0 Å². The van der Waals surface area contributed by atoms with Crippen LogP contribution in [-0.4, -0.2) is 24.2 Å². The fraction of sp³-hybridized carbons (Fsp3) is 0.333. The lowest BCUT2D eigenvalue weighted by atomic mass is 9.83. The van der Waals surface area contributed by atoms with Gasteiger partial charge in [0.1, 0.15) is 0 Å². The third kappa shape index (κ3) is 1.96. The molecule has 2 nitrogen and oxygen atoms in total. The maximum absolute atomic E-state index is 5.81. The van der Waals surface area contributed by atoms with Crippen LogP contribution in [0.1, 0.15) is 29.6 Å². The first kappa shape index (κ1) is 12.1. The molecule has 20 heavy (non-hydrogen) atoms. The Morgan fingerprint density at radius 1 is 0.750 bits per heavy atom. The summed E-state index contributed by atoms with van der Waals surface area (Å²) >= 11 is 0. The highest BCUT2D eigenvalue weighted by Gasteiger charge is 2.46. The molecule has 0 amide bonds. The van der Waals surface area contributed by atoms with Crippen LogP contribution in [0.25, 0.3) is 0 Å². The second-order valence-electron chi connectivity index (χ2n) is 5.73. The zero-order valence-corrected chi connectivity index (χ0v) is 11.5. The molecule has 0 saturated carbocycles. The van der Waals surface area contributed by atoms with Gasteiger partial charge in [0.05, 0.1) is 19.3 Å². The van der Waals surface area contributed by atoms with Gasteiger partial charge in [-0.1, -0.05) is 60.7 Å². The Morgan fingerprint density at radius 3 is 2.00 bits per heavy atom. The Hall–Kier alpha value is -1.64. The molecule has 2 saturated heterocycles. The highest BCUT2D eigenvalue weighted by molar-refractivity contribution is 5.27. The summed E-state index contributed by atoms with van der Waals surface area (Å²) < 4.78 is 5.81. The second-order valence-corrected chi connectivity index (χ2v) is 5.73. The van der Waals surface area contributed by atoms with Crippen LogP contribution in [0.15, 0.2) is 60.7 Å². The van der Waals surface area contributed by atoms with Gasteiger partial charge in [0, 0.05) is 12.1 Å². The summed E-state index contributed by atoms with van der Waals surface area (Å²) in [5.74, 6) is 0. The van der Waals surface area contributed by atoms with Crippen LogP contribution in [0.3, 0.4) is 0 Å². The average Bonchev–Trinajstić information content (AvgIpc) is 2.50. The molecule has 2 heteroatoms. The third-order valence-corrected chi connectivity index (χ3v) is 4.59. The van der Waals surface area contributed by atoms with Crippen molar-refractivity contribution in [3.63, 3.8) is 0 Å². The fourth-order valence-electron chi connectivity index (χ4n) is 3.57. The number of ether oxygens (including phenoxy) is 1. The maximum Gasteiger partial charge on any atom is 0.0664 e. The van der Waals surface area contributed by atoms with Crippen molar-refractivity contribution in [2.45, 2.75) is 24.5 Å². The topological polar surface area (TPSA) is 12.5 Å². The van der Waals surface area contributed by atoms with E-state index in [1.165, 1.54) is 17.5 Å². The minimum atomic E-state index is 0.397. The molecule has 2 aliphatic heterocycles. The molecular weight excluding hydrogens is 246 g/mol. The van der Waals surface area contributed by atoms with Crippen molar-refractivity contribution in [3.05, 3.63) is 71.8 Å². The van der Waals surface area contributed by atoms with Gasteiger partial charge in [-0.25, -0.2) is 0 Å². The van der Waals surface area contributed by atoms with Crippen LogP contribution in [0.4, 0.5) is 0 Å². The maximum atomic E-state index is 5.81. The van der Waals surface area contributed by atoms with Gasteiger partial charge in [-0.05, 0) is 17.5 Å². The quantitative estimate of drug-likeness (QED) is 0.823. The van der Waals surface area contributed by atoms with E-state index in [4.69, 9.17) is 4.74 Å².